The van der Waals surface area contributed by atoms with E-state index in [1.807, 2.05) is 60.7 Å². The Morgan fingerprint density at radius 3 is 1.41 bits per heavy atom. The minimum absolute atomic E-state index is 0. The fourth-order valence-electron chi connectivity index (χ4n) is 7.17. The van der Waals surface area contributed by atoms with Crippen molar-refractivity contribution in [2.75, 3.05) is 20.5 Å². The molecule has 0 aliphatic heterocycles. The molecule has 0 bridgehead atoms. The standard InChI is InChI=1S/2C18H12NO.C14H15N.C14H14N.CH4O3S.2CH4O.CH4.2Ir.H2/c2*1-12-9-10-16(19-11-12)15-7-4-6-14-13-5-2-3-8-17(13)20-18(14)15;2*1-10-4-6-13(7-5-10)14-8-11(2)12(3)9-15-14;1-5(2,3)4;2*1-2;;;;/h2*2-6,8-11H,1H3;4-9H,1-3H3;4-6,8-9H,1-3H3;1H3,(H,2,3,4);2*2H,1H3;1H4;;;1H/q2*-1;;-1;;;;;;;/p-1/i2*1D3,9D,10D;1D3,3D3;1D3,2D3,3D3;;;;;;;1+1D. The third kappa shape index (κ3) is 18.9. The summed E-state index contributed by atoms with van der Waals surface area (Å²) in [5.74, 6) is 0. The summed E-state index contributed by atoms with van der Waals surface area (Å²) in [5, 5.41) is 17.6. The topological polar surface area (TPSA) is 175 Å². The number of aromatic nitrogens is 4. The van der Waals surface area contributed by atoms with E-state index in [4.69, 9.17) is 69.3 Å². The molecule has 6 heterocycles. The summed E-state index contributed by atoms with van der Waals surface area (Å²) in [6.07, 6.45) is 5.26. The van der Waals surface area contributed by atoms with Crippen LogP contribution in [0.25, 0.3) is 88.9 Å². The molecule has 2 N–H and O–H groups in total. The van der Waals surface area contributed by atoms with Gasteiger partial charge in [-0.15, -0.1) is 71.8 Å². The van der Waals surface area contributed by atoms with Crippen LogP contribution in [0.5, 0.6) is 0 Å². The van der Waals surface area contributed by atoms with Crippen LogP contribution in [0.1, 0.15) is 89.2 Å². The van der Waals surface area contributed by atoms with Crippen molar-refractivity contribution in [3.05, 3.63) is 239 Å². The molecule has 0 amide bonds. The summed E-state index contributed by atoms with van der Waals surface area (Å²) >= 11 is 0. The van der Waals surface area contributed by atoms with Gasteiger partial charge >= 0.3 is 0 Å². The molecule has 2 radical (unpaired) electrons. The van der Waals surface area contributed by atoms with E-state index < -0.39 is 58.1 Å². The van der Waals surface area contributed by atoms with Gasteiger partial charge in [0.25, 0.3) is 0 Å². The van der Waals surface area contributed by atoms with Crippen LogP contribution >= 0.6 is 0 Å². The van der Waals surface area contributed by atoms with Gasteiger partial charge in [0, 0.05) is 134 Å². The van der Waals surface area contributed by atoms with Gasteiger partial charge in [0.1, 0.15) is 11.2 Å². The van der Waals surface area contributed by atoms with Gasteiger partial charge in [-0.1, -0.05) is 138 Å². The van der Waals surface area contributed by atoms with Crippen molar-refractivity contribution in [3.63, 3.8) is 0 Å². The summed E-state index contributed by atoms with van der Waals surface area (Å²) in [4.78, 5) is 16.4. The molecule has 0 atom stereocenters. The number of rotatable bonds is 4. The monoisotopic (exact) mass is 1500 g/mol. The smallest absolute Gasteiger partial charge is 0.120 e. The zero-order valence-electron chi connectivity index (χ0n) is 70.2. The van der Waals surface area contributed by atoms with Crippen LogP contribution in [-0.4, -0.2) is 63.6 Å². The molecule has 11 nitrogen and oxygen atoms in total. The van der Waals surface area contributed by atoms with Gasteiger partial charge in [-0.25, -0.2) is 8.42 Å². The summed E-state index contributed by atoms with van der Waals surface area (Å²) in [6, 6.07) is 43.3. The quantitative estimate of drug-likeness (QED) is 0.127. The first kappa shape index (κ1) is 38.4. The summed E-state index contributed by atoms with van der Waals surface area (Å²) in [5.41, 5.74) is 5.80. The predicted molar refractivity (Wildman–Crippen MR) is 328 cm³/mol. The second kappa shape index (κ2) is 32.9. The number of benzene rings is 6. The number of pyridine rings is 4. The van der Waals surface area contributed by atoms with Crippen LogP contribution in [0, 0.1) is 73.1 Å². The van der Waals surface area contributed by atoms with Crippen molar-refractivity contribution in [1.29, 1.82) is 0 Å². The fourth-order valence-corrected chi connectivity index (χ4v) is 7.17. The van der Waals surface area contributed by atoms with Gasteiger partial charge in [0.15, 0.2) is 0 Å². The third-order valence-electron chi connectivity index (χ3n) is 10.7. The molecule has 0 unspecified atom stereocenters. The number of hydrogen-bond acceptors (Lipinski definition) is 11. The van der Waals surface area contributed by atoms with E-state index in [2.05, 4.69) is 38.1 Å². The van der Waals surface area contributed by atoms with Crippen molar-refractivity contribution >= 4 is 54.0 Å². The molecule has 0 saturated carbocycles. The SMILES string of the molecule is C.CO.CO.CS(=O)(=O)[O-].[2H]C([2H])([2H])c1c[c-]c(-c2cc(C([2H])([2H])[2H])c(C([2H])([2H])[2H])cn2)cc1.[2H]C([2H])([2H])c1ccc(-c2cc(C)c(C([2H])([2H])[2H])cn2)cc1.[2H][2H].[2H]c1c(C([2H])([2H])[2H])cnc(-c2[c-]ccc3c2oc2ccccc23)c1[2H].[2H]c1c(C([2H])([2H])[2H])cnc(-c2[c-]ccc3c2oc2ccccc23)c1[2H].[Ir].[Ir]. The molecule has 12 aromatic rings. The van der Waals surface area contributed by atoms with Gasteiger partial charge in [0.2, 0.25) is 0 Å². The van der Waals surface area contributed by atoms with Crippen LogP contribution < -0.4 is 0 Å². The van der Waals surface area contributed by atoms with E-state index in [1.54, 1.807) is 37.3 Å². The van der Waals surface area contributed by atoms with Crippen molar-refractivity contribution in [2.45, 2.75) is 62.3 Å². The van der Waals surface area contributed by atoms with Crippen LogP contribution in [-0.2, 0) is 50.3 Å². The first-order valence-corrected chi connectivity index (χ1v) is 25.0. The van der Waals surface area contributed by atoms with E-state index >= 15 is 0 Å². The van der Waals surface area contributed by atoms with Crippen molar-refractivity contribution in [2.24, 2.45) is 0 Å². The number of aliphatic hydroxyl groups excluding tert-OH is 2. The van der Waals surface area contributed by atoms with E-state index in [0.29, 0.717) is 56.5 Å². The van der Waals surface area contributed by atoms with Crippen LogP contribution in [0.4, 0.5) is 0 Å². The molecule has 432 valence electrons. The molecule has 0 aliphatic rings. The molecular weight excluding hydrogens is 1400 g/mol. The number of para-hydroxylation sites is 2. The molecule has 6 aromatic heterocycles. The Kier molecular flexibility index (Phi) is 15.4. The Bertz CT molecular complexity index is 4920. The summed E-state index contributed by atoms with van der Waals surface area (Å²) in [6.45, 7) is -15.0. The van der Waals surface area contributed by atoms with E-state index in [-0.39, 0.29) is 128 Å². The second-order valence-electron chi connectivity index (χ2n) is 16.2. The van der Waals surface area contributed by atoms with Gasteiger partial charge in [0.05, 0.1) is 32.5 Å². The van der Waals surface area contributed by atoms with Gasteiger partial charge in [-0.2, -0.15) is 0 Å². The average molecular weight is 1500 g/mol. The molecule has 0 spiro atoms. The maximum atomic E-state index is 9.08. The Balaban J connectivity index is 0.000000468. The molecule has 0 aliphatic carbocycles. The van der Waals surface area contributed by atoms with Gasteiger partial charge < -0.3 is 38.6 Å². The molecule has 14 heteroatoms. The number of hydrogen-bond donors (Lipinski definition) is 2. The molecular formula is C68H70Ir2N4O7S-4. The first-order valence-electron chi connectivity index (χ1n) is 36.6. The molecule has 6 aromatic carbocycles. The largest absolute Gasteiger partial charge is 0.748 e. The van der Waals surface area contributed by atoms with E-state index in [1.165, 1.54) is 42.6 Å². The van der Waals surface area contributed by atoms with Crippen molar-refractivity contribution < 1.29 is 109 Å². The van der Waals surface area contributed by atoms with Crippen LogP contribution in [0.2, 0.25) is 0 Å². The minimum atomic E-state index is -3.92. The Morgan fingerprint density at radius 2 is 0.963 bits per heavy atom. The zero-order valence-corrected chi connectivity index (χ0v) is 48.8. The molecule has 0 fully saturated rings. The number of aryl methyl sites for hydroxylation is 8. The number of furan rings is 2. The minimum Gasteiger partial charge on any atom is -0.748 e. The predicted octanol–water partition coefficient (Wildman–Crippen LogP) is 15.9. The zero-order chi connectivity index (χ0) is 80.2. The van der Waals surface area contributed by atoms with Gasteiger partial charge in [-0.05, 0) is 111 Å². The number of fused-ring (bicyclic) bond motifs is 6. The summed E-state index contributed by atoms with van der Waals surface area (Å²) < 4.78 is 237. The molecule has 82 heavy (non-hydrogen) atoms. The van der Waals surface area contributed by atoms with Crippen LogP contribution in [0.3, 0.4) is 0 Å². The fraction of sp³-hybridized carbons (Fsp3) is 0.176. The maximum Gasteiger partial charge on any atom is 0.120 e. The van der Waals surface area contributed by atoms with Crippen molar-refractivity contribution in [3.8, 4) is 45.0 Å². The van der Waals surface area contributed by atoms with Crippen molar-refractivity contribution in [1.82, 2.24) is 19.9 Å². The van der Waals surface area contributed by atoms with E-state index in [9.17, 15) is 0 Å². The normalized spacial score (nSPS) is 15.8. The van der Waals surface area contributed by atoms with E-state index in [0.717, 1.165) is 59.9 Å². The third-order valence-corrected chi connectivity index (χ3v) is 10.7. The Morgan fingerprint density at radius 1 is 0.524 bits per heavy atom. The Labute approximate surface area is 548 Å². The number of nitrogens with zero attached hydrogens (tertiary/aromatic N) is 4. The summed E-state index contributed by atoms with van der Waals surface area (Å²) in [7, 11) is -1.92. The Hall–Kier alpha value is -7.35. The average Bonchev–Trinajstić information content (AvgIpc) is 1.67. The molecule has 0 saturated heterocycles. The maximum absolute atomic E-state index is 9.08. The molecule has 12 rings (SSSR count). The number of aliphatic hydroxyl groups is 2. The van der Waals surface area contributed by atoms with Crippen LogP contribution in [0.15, 0.2) is 185 Å². The first-order chi connectivity index (χ1) is 49.1. The van der Waals surface area contributed by atoms with Gasteiger partial charge in [-0.3, -0.25) is 4.98 Å². The second-order valence-corrected chi connectivity index (χ2v) is 17.6.